The van der Waals surface area contributed by atoms with E-state index in [-0.39, 0.29) is 30.1 Å². The third-order valence-electron chi connectivity index (χ3n) is 6.36. The Hall–Kier alpha value is -4.09. The summed E-state index contributed by atoms with van der Waals surface area (Å²) in [6.07, 6.45) is 1.81. The molecule has 1 aromatic carbocycles. The van der Waals surface area contributed by atoms with Gasteiger partial charge in [0.25, 0.3) is 17.7 Å². The maximum Gasteiger partial charge on any atom is 0.291 e. The Morgan fingerprint density at radius 1 is 1.10 bits per heavy atom. The Morgan fingerprint density at radius 2 is 1.82 bits per heavy atom. The number of carbonyl (C=O) groups is 4. The number of hydrogen-bond donors (Lipinski definition) is 2. The van der Waals surface area contributed by atoms with Crippen molar-refractivity contribution in [3.05, 3.63) is 41.1 Å². The summed E-state index contributed by atoms with van der Waals surface area (Å²) in [5, 5.41) is 5.51. The van der Waals surface area contributed by atoms with Gasteiger partial charge >= 0.3 is 0 Å². The highest BCUT2D eigenvalue weighted by Crippen LogP contribution is 2.28. The lowest BCUT2D eigenvalue weighted by Crippen LogP contribution is -2.47. The quantitative estimate of drug-likeness (QED) is 0.545. The molecular formula is C27H37N5O7. The molecule has 1 aromatic heterocycles. The molecule has 3 heterocycles. The lowest BCUT2D eigenvalue weighted by molar-refractivity contribution is -0.135. The number of hydrogen-bond acceptors (Lipinski definition) is 8. The Bertz CT molecular complexity index is 1200. The Morgan fingerprint density at radius 3 is 2.51 bits per heavy atom. The van der Waals surface area contributed by atoms with Crippen molar-refractivity contribution >= 4 is 23.6 Å². The van der Waals surface area contributed by atoms with Gasteiger partial charge in [-0.1, -0.05) is 0 Å². The molecule has 0 fully saturated rings. The molecule has 2 aliphatic heterocycles. The topological polar surface area (TPSA) is 143 Å². The van der Waals surface area contributed by atoms with Crippen molar-refractivity contribution in [2.75, 3.05) is 46.9 Å². The van der Waals surface area contributed by atoms with Crippen LogP contribution in [-0.4, -0.2) is 91.4 Å². The van der Waals surface area contributed by atoms with E-state index in [0.717, 1.165) is 0 Å². The monoisotopic (exact) mass is 543 g/mol. The molecule has 212 valence electrons. The smallest absolute Gasteiger partial charge is 0.291 e. The van der Waals surface area contributed by atoms with Gasteiger partial charge in [0, 0.05) is 45.7 Å². The highest BCUT2D eigenvalue weighted by molar-refractivity contribution is 5.95. The number of likely N-dealkylation sites (N-methyl/N-ethyl adjacent to an activating group) is 1. The van der Waals surface area contributed by atoms with E-state index in [4.69, 9.17) is 13.9 Å². The van der Waals surface area contributed by atoms with E-state index < -0.39 is 11.9 Å². The third kappa shape index (κ3) is 7.95. The van der Waals surface area contributed by atoms with Crippen molar-refractivity contribution in [2.24, 2.45) is 0 Å². The van der Waals surface area contributed by atoms with E-state index in [0.29, 0.717) is 74.1 Å². The second kappa shape index (κ2) is 13.6. The summed E-state index contributed by atoms with van der Waals surface area (Å²) in [6.45, 7) is 6.34. The number of aryl methyl sites for hydroxylation is 2. The third-order valence-corrected chi connectivity index (χ3v) is 6.36. The van der Waals surface area contributed by atoms with E-state index in [1.165, 1.54) is 13.2 Å². The van der Waals surface area contributed by atoms with Crippen LogP contribution in [0.15, 0.2) is 22.6 Å². The summed E-state index contributed by atoms with van der Waals surface area (Å²) in [6, 6.07) is 3.90. The number of amides is 4. The van der Waals surface area contributed by atoms with E-state index in [1.54, 1.807) is 49.8 Å². The lowest BCUT2D eigenvalue weighted by atomic mass is 10.2. The molecule has 12 nitrogen and oxygen atoms in total. The van der Waals surface area contributed by atoms with Crippen LogP contribution in [0.1, 0.15) is 58.7 Å². The summed E-state index contributed by atoms with van der Waals surface area (Å²) < 4.78 is 16.5. The Kier molecular flexibility index (Phi) is 10.3. The van der Waals surface area contributed by atoms with E-state index in [2.05, 4.69) is 15.6 Å². The Labute approximate surface area is 228 Å². The molecule has 2 N–H and O–H groups in total. The van der Waals surface area contributed by atoms with E-state index in [9.17, 15) is 19.2 Å². The number of aromatic nitrogens is 1. The van der Waals surface area contributed by atoms with Crippen molar-refractivity contribution in [1.82, 2.24) is 25.4 Å². The van der Waals surface area contributed by atoms with Crippen LogP contribution in [-0.2, 0) is 9.59 Å². The number of nitrogens with one attached hydrogen (secondary N) is 2. The zero-order valence-electron chi connectivity index (χ0n) is 23.2. The van der Waals surface area contributed by atoms with Crippen molar-refractivity contribution in [3.8, 4) is 11.5 Å². The largest absolute Gasteiger partial charge is 0.493 e. The first-order chi connectivity index (χ1) is 18.6. The average molecular weight is 544 g/mol. The van der Waals surface area contributed by atoms with Gasteiger partial charge in [0.2, 0.25) is 11.7 Å². The predicted molar refractivity (Wildman–Crippen MR) is 142 cm³/mol. The van der Waals surface area contributed by atoms with Crippen LogP contribution in [0.4, 0.5) is 0 Å². The van der Waals surface area contributed by atoms with Gasteiger partial charge in [-0.2, -0.15) is 0 Å². The molecule has 0 saturated carbocycles. The number of nitrogens with zero attached hydrogens (tertiary/aromatic N) is 3. The number of carbonyl (C=O) groups excluding carboxylic acids is 4. The van der Waals surface area contributed by atoms with Crippen molar-refractivity contribution in [2.45, 2.75) is 46.1 Å². The predicted octanol–water partition coefficient (Wildman–Crippen LogP) is 1.70. The fourth-order valence-electron chi connectivity index (χ4n) is 4.27. The van der Waals surface area contributed by atoms with Gasteiger partial charge in [0.05, 0.1) is 12.8 Å². The van der Waals surface area contributed by atoms with Crippen molar-refractivity contribution in [1.29, 1.82) is 0 Å². The number of oxazole rings is 1. The zero-order valence-corrected chi connectivity index (χ0v) is 23.2. The minimum atomic E-state index is -0.746. The van der Waals surface area contributed by atoms with E-state index in [1.807, 2.05) is 0 Å². The SMILES string of the molecule is COc1cc2ccc1OCC(=O)N[C@@H](C)C(=O)N(C)CCCCN(C(=O)c1oc(C)nc1C)CCCNC2=O. The van der Waals surface area contributed by atoms with E-state index >= 15 is 0 Å². The zero-order chi connectivity index (χ0) is 28.5. The molecule has 39 heavy (non-hydrogen) atoms. The van der Waals surface area contributed by atoms with Crippen LogP contribution in [0.5, 0.6) is 11.5 Å². The molecule has 0 aliphatic carbocycles. The molecule has 2 bridgehead atoms. The molecular weight excluding hydrogens is 506 g/mol. The second-order valence-electron chi connectivity index (χ2n) is 9.46. The molecule has 4 rings (SSSR count). The van der Waals surface area contributed by atoms with Gasteiger partial charge in [0.15, 0.2) is 24.0 Å². The highest BCUT2D eigenvalue weighted by atomic mass is 16.5. The van der Waals surface area contributed by atoms with Crippen molar-refractivity contribution < 1.29 is 33.1 Å². The van der Waals surface area contributed by atoms with Gasteiger partial charge in [-0.3, -0.25) is 19.2 Å². The number of benzene rings is 1. The lowest BCUT2D eigenvalue weighted by Gasteiger charge is -2.24. The highest BCUT2D eigenvalue weighted by Gasteiger charge is 2.24. The molecule has 0 radical (unpaired) electrons. The summed E-state index contributed by atoms with van der Waals surface area (Å²) >= 11 is 0. The molecule has 0 spiro atoms. The summed E-state index contributed by atoms with van der Waals surface area (Å²) in [4.78, 5) is 58.6. The van der Waals surface area contributed by atoms with Gasteiger partial charge in [0.1, 0.15) is 6.04 Å². The van der Waals surface area contributed by atoms with Gasteiger partial charge in [-0.05, 0) is 51.3 Å². The second-order valence-corrected chi connectivity index (χ2v) is 9.46. The molecule has 4 amide bonds. The number of rotatable bonds is 2. The molecule has 2 aromatic rings. The molecule has 0 saturated heterocycles. The van der Waals surface area contributed by atoms with Gasteiger partial charge < -0.3 is 34.3 Å². The first-order valence-electron chi connectivity index (χ1n) is 13.0. The normalized spacial score (nSPS) is 18.6. The standard InChI is InChI=1S/C27H37N5O7/c1-17-24(39-19(3)29-17)27(36)32-13-7-6-12-31(4)26(35)18(2)30-23(33)16-38-21-10-9-20(15-22(21)37-5)25(34)28-11-8-14-32/h9-10,15,18H,6-8,11-14,16H2,1-5H3,(H,28,34)(H,30,33)/t18-/m0/s1. The summed E-state index contributed by atoms with van der Waals surface area (Å²) in [5.41, 5.74) is 0.883. The van der Waals surface area contributed by atoms with Crippen LogP contribution in [0.2, 0.25) is 0 Å². The molecule has 1 atom stereocenters. The van der Waals surface area contributed by atoms with Crippen LogP contribution in [0.3, 0.4) is 0 Å². The van der Waals surface area contributed by atoms with Crippen LogP contribution >= 0.6 is 0 Å². The van der Waals surface area contributed by atoms with Crippen molar-refractivity contribution in [3.63, 3.8) is 0 Å². The van der Waals surface area contributed by atoms with Gasteiger partial charge in [-0.25, -0.2) is 4.98 Å². The maximum absolute atomic E-state index is 13.2. The minimum Gasteiger partial charge on any atom is -0.493 e. The first kappa shape index (κ1) is 29.5. The summed E-state index contributed by atoms with van der Waals surface area (Å²) in [5.74, 6) is -0.0727. The van der Waals surface area contributed by atoms with Crippen LogP contribution in [0, 0.1) is 13.8 Å². The first-order valence-corrected chi connectivity index (χ1v) is 13.0. The Balaban J connectivity index is 1.78. The minimum absolute atomic E-state index is 0.202. The fourth-order valence-corrected chi connectivity index (χ4v) is 4.27. The fraction of sp³-hybridized carbons (Fsp3) is 0.519. The summed E-state index contributed by atoms with van der Waals surface area (Å²) in [7, 11) is 3.11. The van der Waals surface area contributed by atoms with Gasteiger partial charge in [-0.15, -0.1) is 0 Å². The van der Waals surface area contributed by atoms with Crippen LogP contribution in [0.25, 0.3) is 0 Å². The maximum atomic E-state index is 13.2. The average Bonchev–Trinajstić information content (AvgIpc) is 3.26. The number of methoxy groups -OCH3 is 1. The van der Waals surface area contributed by atoms with Crippen LogP contribution < -0.4 is 20.1 Å². The molecule has 12 heteroatoms. The molecule has 2 aliphatic rings. The molecule has 0 unspecified atom stereocenters. The number of ether oxygens (including phenoxy) is 2. The number of fused-ring (bicyclic) bond motifs is 18.